The average molecular weight is 328 g/mol. The molecule has 21 heavy (non-hydrogen) atoms. The van der Waals surface area contributed by atoms with Crippen molar-refractivity contribution in [2.24, 2.45) is 0 Å². The van der Waals surface area contributed by atoms with Gasteiger partial charge in [0.1, 0.15) is 11.5 Å². The third-order valence-corrected chi connectivity index (χ3v) is 4.67. The van der Waals surface area contributed by atoms with Crippen LogP contribution in [-0.2, 0) is 24.3 Å². The first kappa shape index (κ1) is 15.9. The molecule has 0 aromatic carbocycles. The number of ether oxygens (including phenoxy) is 1. The lowest BCUT2D eigenvalue weighted by Gasteiger charge is -2.06. The van der Waals surface area contributed by atoms with Gasteiger partial charge in [-0.15, -0.1) is 11.3 Å². The minimum Gasteiger partial charge on any atom is -0.455 e. The lowest BCUT2D eigenvalue weighted by atomic mass is 10.3. The molecule has 0 aliphatic heterocycles. The molecule has 0 saturated heterocycles. The van der Waals surface area contributed by atoms with Crippen molar-refractivity contribution in [1.29, 1.82) is 0 Å². The van der Waals surface area contributed by atoms with Crippen LogP contribution in [0.4, 0.5) is 5.69 Å². The quantitative estimate of drug-likeness (QED) is 0.854. The van der Waals surface area contributed by atoms with Crippen molar-refractivity contribution in [2.45, 2.75) is 40.3 Å². The van der Waals surface area contributed by atoms with E-state index in [2.05, 4.69) is 5.10 Å². The van der Waals surface area contributed by atoms with Gasteiger partial charge in [-0.1, -0.05) is 18.5 Å². The van der Waals surface area contributed by atoms with Crippen LogP contribution in [0.15, 0.2) is 6.07 Å². The standard InChI is InChI=1S/C14H18ClN3O2S/c1-4-10-13(15)11(18(5-2)17-10)7-20-14(19)12-6-9(16)8(3)21-12/h6H,4-5,7,16H2,1-3H3. The number of nitrogens with two attached hydrogens (primary N) is 1. The Morgan fingerprint density at radius 1 is 1.52 bits per heavy atom. The minimum absolute atomic E-state index is 0.107. The van der Waals surface area contributed by atoms with E-state index in [0.29, 0.717) is 22.1 Å². The van der Waals surface area contributed by atoms with Gasteiger partial charge in [-0.05, 0) is 26.3 Å². The molecule has 0 fully saturated rings. The molecule has 0 bridgehead atoms. The molecular formula is C14H18ClN3O2S. The highest BCUT2D eigenvalue weighted by Crippen LogP contribution is 2.26. The van der Waals surface area contributed by atoms with E-state index in [1.165, 1.54) is 11.3 Å². The van der Waals surface area contributed by atoms with Crippen LogP contribution >= 0.6 is 22.9 Å². The first-order valence-electron chi connectivity index (χ1n) is 6.74. The Kier molecular flexibility index (Phi) is 4.90. The molecule has 0 aliphatic carbocycles. The van der Waals surface area contributed by atoms with Gasteiger partial charge in [0.2, 0.25) is 0 Å². The van der Waals surface area contributed by atoms with Crippen LogP contribution in [0.2, 0.25) is 5.02 Å². The van der Waals surface area contributed by atoms with Gasteiger partial charge in [0.05, 0.1) is 16.4 Å². The molecule has 0 atom stereocenters. The third-order valence-electron chi connectivity index (χ3n) is 3.19. The van der Waals surface area contributed by atoms with Gasteiger partial charge < -0.3 is 10.5 Å². The van der Waals surface area contributed by atoms with E-state index in [9.17, 15) is 4.79 Å². The largest absolute Gasteiger partial charge is 0.455 e. The summed E-state index contributed by atoms with van der Waals surface area (Å²) in [5.74, 6) is -0.391. The molecule has 5 nitrogen and oxygen atoms in total. The highest BCUT2D eigenvalue weighted by Gasteiger charge is 2.18. The fraction of sp³-hybridized carbons (Fsp3) is 0.429. The summed E-state index contributed by atoms with van der Waals surface area (Å²) in [7, 11) is 0. The van der Waals surface area contributed by atoms with Gasteiger partial charge in [-0.2, -0.15) is 5.10 Å². The first-order chi connectivity index (χ1) is 9.97. The van der Waals surface area contributed by atoms with E-state index >= 15 is 0 Å². The van der Waals surface area contributed by atoms with Gasteiger partial charge >= 0.3 is 5.97 Å². The Labute approximate surface area is 132 Å². The second-order valence-electron chi connectivity index (χ2n) is 4.57. The summed E-state index contributed by atoms with van der Waals surface area (Å²) in [6, 6.07) is 1.64. The molecule has 0 amide bonds. The topological polar surface area (TPSA) is 70.1 Å². The van der Waals surface area contributed by atoms with E-state index in [4.69, 9.17) is 22.1 Å². The Bertz CT molecular complexity index is 644. The second kappa shape index (κ2) is 6.49. The van der Waals surface area contributed by atoms with Gasteiger partial charge in [0.15, 0.2) is 0 Å². The summed E-state index contributed by atoms with van der Waals surface area (Å²) in [4.78, 5) is 13.4. The molecular weight excluding hydrogens is 310 g/mol. The number of rotatable bonds is 5. The number of nitrogen functional groups attached to an aromatic ring is 1. The second-order valence-corrected chi connectivity index (χ2v) is 6.21. The number of aromatic nitrogens is 2. The molecule has 0 aliphatic rings. The number of carbonyl (C=O) groups excluding carboxylic acids is 1. The molecule has 7 heteroatoms. The molecule has 2 aromatic rings. The molecule has 0 saturated carbocycles. The molecule has 0 radical (unpaired) electrons. The predicted molar refractivity (Wildman–Crippen MR) is 84.9 cm³/mol. The Morgan fingerprint density at radius 2 is 2.24 bits per heavy atom. The van der Waals surface area contributed by atoms with E-state index in [-0.39, 0.29) is 6.61 Å². The summed E-state index contributed by atoms with van der Waals surface area (Å²) >= 11 is 7.60. The zero-order valence-electron chi connectivity index (χ0n) is 12.3. The van der Waals surface area contributed by atoms with Crippen molar-refractivity contribution < 1.29 is 9.53 Å². The normalized spacial score (nSPS) is 10.9. The van der Waals surface area contributed by atoms with Gasteiger partial charge in [0, 0.05) is 17.1 Å². The summed E-state index contributed by atoms with van der Waals surface area (Å²) in [5, 5.41) is 4.97. The lowest BCUT2D eigenvalue weighted by molar-refractivity contribution is 0.0468. The number of hydrogen-bond donors (Lipinski definition) is 1. The van der Waals surface area contributed by atoms with Gasteiger partial charge in [-0.25, -0.2) is 4.79 Å². The van der Waals surface area contributed by atoms with Crippen LogP contribution in [0, 0.1) is 6.92 Å². The van der Waals surface area contributed by atoms with Crippen LogP contribution < -0.4 is 5.73 Å². The SMILES string of the molecule is CCc1nn(CC)c(COC(=O)c2cc(N)c(C)s2)c1Cl. The number of thiophene rings is 1. The molecule has 2 rings (SSSR count). The molecule has 0 spiro atoms. The molecule has 2 N–H and O–H groups in total. The maximum atomic E-state index is 12.0. The number of carbonyl (C=O) groups is 1. The highest BCUT2D eigenvalue weighted by molar-refractivity contribution is 7.14. The van der Waals surface area contributed by atoms with Crippen LogP contribution in [-0.4, -0.2) is 15.7 Å². The number of anilines is 1. The Morgan fingerprint density at radius 3 is 2.76 bits per heavy atom. The van der Waals surface area contributed by atoms with Crippen LogP contribution in [0.1, 0.15) is 39.8 Å². The lowest BCUT2D eigenvalue weighted by Crippen LogP contribution is -2.09. The summed E-state index contributed by atoms with van der Waals surface area (Å²) in [6.07, 6.45) is 0.743. The number of nitrogens with zero attached hydrogens (tertiary/aromatic N) is 2. The molecule has 2 heterocycles. The zero-order valence-corrected chi connectivity index (χ0v) is 13.8. The molecule has 2 aromatic heterocycles. The number of esters is 1. The smallest absolute Gasteiger partial charge is 0.348 e. The van der Waals surface area contributed by atoms with Crippen LogP contribution in [0.25, 0.3) is 0 Å². The number of aryl methyl sites for hydroxylation is 3. The summed E-state index contributed by atoms with van der Waals surface area (Å²) in [5.41, 5.74) is 7.90. The third kappa shape index (κ3) is 3.22. The van der Waals surface area contributed by atoms with E-state index in [1.807, 2.05) is 20.8 Å². The first-order valence-corrected chi connectivity index (χ1v) is 7.94. The maximum Gasteiger partial charge on any atom is 0.348 e. The van der Waals surface area contributed by atoms with Crippen molar-refractivity contribution in [3.8, 4) is 0 Å². The monoisotopic (exact) mass is 327 g/mol. The van der Waals surface area contributed by atoms with E-state index in [0.717, 1.165) is 22.7 Å². The molecule has 0 unspecified atom stereocenters. The predicted octanol–water partition coefficient (Wildman–Crippen LogP) is 3.43. The summed E-state index contributed by atoms with van der Waals surface area (Å²) in [6.45, 7) is 6.61. The highest BCUT2D eigenvalue weighted by atomic mass is 35.5. The van der Waals surface area contributed by atoms with Crippen LogP contribution in [0.3, 0.4) is 0 Å². The average Bonchev–Trinajstić information content (AvgIpc) is 2.96. The summed E-state index contributed by atoms with van der Waals surface area (Å²) < 4.78 is 7.10. The Balaban J connectivity index is 2.12. The van der Waals surface area contributed by atoms with Crippen molar-refractivity contribution >= 4 is 34.6 Å². The maximum absolute atomic E-state index is 12.0. The van der Waals surface area contributed by atoms with Gasteiger partial charge in [-0.3, -0.25) is 4.68 Å². The van der Waals surface area contributed by atoms with Gasteiger partial charge in [0.25, 0.3) is 0 Å². The Hall–Kier alpha value is -1.53. The van der Waals surface area contributed by atoms with Crippen molar-refractivity contribution in [1.82, 2.24) is 9.78 Å². The molecule has 114 valence electrons. The number of hydrogen-bond acceptors (Lipinski definition) is 5. The van der Waals surface area contributed by atoms with Crippen molar-refractivity contribution in [2.75, 3.05) is 5.73 Å². The fourth-order valence-corrected chi connectivity index (χ4v) is 3.12. The van der Waals surface area contributed by atoms with Crippen molar-refractivity contribution in [3.05, 3.63) is 32.2 Å². The minimum atomic E-state index is -0.391. The van der Waals surface area contributed by atoms with Crippen LogP contribution in [0.5, 0.6) is 0 Å². The fourth-order valence-electron chi connectivity index (χ4n) is 1.96. The van der Waals surface area contributed by atoms with E-state index in [1.54, 1.807) is 10.7 Å². The number of halogens is 1. The van der Waals surface area contributed by atoms with E-state index < -0.39 is 5.97 Å². The zero-order chi connectivity index (χ0) is 15.6. The van der Waals surface area contributed by atoms with Crippen molar-refractivity contribution in [3.63, 3.8) is 0 Å².